The van der Waals surface area contributed by atoms with E-state index in [2.05, 4.69) is 28.7 Å². The van der Waals surface area contributed by atoms with Crippen LogP contribution in [0, 0.1) is 18.8 Å². The number of carbonyl (C=O) groups excluding carboxylic acids is 1. The quantitative estimate of drug-likeness (QED) is 0.794. The smallest absolute Gasteiger partial charge is 0.341 e. The summed E-state index contributed by atoms with van der Waals surface area (Å²) in [5.74, 6) is 1.66. The molecular weight excluding hydrogens is 254 g/mol. The zero-order valence-corrected chi connectivity index (χ0v) is 12.7. The molecule has 2 atom stereocenters. The fourth-order valence-corrected chi connectivity index (χ4v) is 2.84. The highest BCUT2D eigenvalue weighted by molar-refractivity contribution is 5.90. The van der Waals surface area contributed by atoms with Gasteiger partial charge in [0.25, 0.3) is 0 Å². The van der Waals surface area contributed by atoms with Gasteiger partial charge in [0.15, 0.2) is 0 Å². The third-order valence-corrected chi connectivity index (χ3v) is 3.61. The standard InChI is InChI=1S/C15H23N3O2/c1-5-20-14(19)13-7-16-15(17-12(13)4)18-8-10(2)6-11(3)9-18/h7,10-11H,5-6,8-9H2,1-4H3/t10-,11-/m0/s1. The van der Waals surface area contributed by atoms with Crippen LogP contribution < -0.4 is 4.90 Å². The zero-order valence-electron chi connectivity index (χ0n) is 12.7. The summed E-state index contributed by atoms with van der Waals surface area (Å²) >= 11 is 0. The van der Waals surface area contributed by atoms with Crippen molar-refractivity contribution < 1.29 is 9.53 Å². The minimum absolute atomic E-state index is 0.350. The van der Waals surface area contributed by atoms with Crippen LogP contribution in [0.15, 0.2) is 6.20 Å². The average Bonchev–Trinajstić information content (AvgIpc) is 2.37. The van der Waals surface area contributed by atoms with E-state index in [0.717, 1.165) is 13.1 Å². The van der Waals surface area contributed by atoms with E-state index in [9.17, 15) is 4.79 Å². The largest absolute Gasteiger partial charge is 0.462 e. The summed E-state index contributed by atoms with van der Waals surface area (Å²) in [7, 11) is 0. The van der Waals surface area contributed by atoms with Gasteiger partial charge in [0, 0.05) is 19.3 Å². The van der Waals surface area contributed by atoms with Gasteiger partial charge in [-0.1, -0.05) is 13.8 Å². The Kier molecular flexibility index (Phi) is 4.57. The minimum atomic E-state index is -0.350. The van der Waals surface area contributed by atoms with E-state index in [-0.39, 0.29) is 5.97 Å². The summed E-state index contributed by atoms with van der Waals surface area (Å²) in [5.41, 5.74) is 1.13. The molecule has 0 N–H and O–H groups in total. The normalized spacial score (nSPS) is 22.7. The summed E-state index contributed by atoms with van der Waals surface area (Å²) in [6.45, 7) is 10.4. The first-order valence-corrected chi connectivity index (χ1v) is 7.27. The number of aryl methyl sites for hydroxylation is 1. The van der Waals surface area contributed by atoms with Gasteiger partial charge in [-0.2, -0.15) is 0 Å². The molecule has 110 valence electrons. The maximum atomic E-state index is 11.7. The number of ether oxygens (including phenoxy) is 1. The molecule has 20 heavy (non-hydrogen) atoms. The molecule has 1 fully saturated rings. The van der Waals surface area contributed by atoms with E-state index < -0.39 is 0 Å². The number of nitrogens with zero attached hydrogens (tertiary/aromatic N) is 3. The predicted octanol–water partition coefficient (Wildman–Crippen LogP) is 2.44. The van der Waals surface area contributed by atoms with Gasteiger partial charge >= 0.3 is 5.97 Å². The summed E-state index contributed by atoms with van der Waals surface area (Å²) in [4.78, 5) is 22.8. The second kappa shape index (κ2) is 6.20. The van der Waals surface area contributed by atoms with E-state index in [4.69, 9.17) is 4.74 Å². The van der Waals surface area contributed by atoms with Gasteiger partial charge in [-0.05, 0) is 32.1 Å². The Morgan fingerprint density at radius 2 is 2.05 bits per heavy atom. The van der Waals surface area contributed by atoms with E-state index in [1.165, 1.54) is 6.42 Å². The van der Waals surface area contributed by atoms with Crippen LogP contribution >= 0.6 is 0 Å². The molecule has 1 saturated heterocycles. The zero-order chi connectivity index (χ0) is 14.7. The van der Waals surface area contributed by atoms with Gasteiger partial charge in [0.05, 0.1) is 17.9 Å². The summed E-state index contributed by atoms with van der Waals surface area (Å²) in [5, 5.41) is 0. The Balaban J connectivity index is 2.18. The topological polar surface area (TPSA) is 55.3 Å². The minimum Gasteiger partial charge on any atom is -0.462 e. The van der Waals surface area contributed by atoms with Crippen molar-refractivity contribution in [3.63, 3.8) is 0 Å². The van der Waals surface area contributed by atoms with Gasteiger partial charge < -0.3 is 9.64 Å². The van der Waals surface area contributed by atoms with Crippen LogP contribution in [0.25, 0.3) is 0 Å². The Labute approximate surface area is 120 Å². The highest BCUT2D eigenvalue weighted by atomic mass is 16.5. The van der Waals surface area contributed by atoms with Crippen molar-refractivity contribution >= 4 is 11.9 Å². The van der Waals surface area contributed by atoms with Crippen LogP contribution in [0.5, 0.6) is 0 Å². The Bertz CT molecular complexity index is 480. The van der Waals surface area contributed by atoms with Crippen LogP contribution in [-0.4, -0.2) is 35.6 Å². The van der Waals surface area contributed by atoms with Crippen molar-refractivity contribution in [3.05, 3.63) is 17.5 Å². The molecule has 5 nitrogen and oxygen atoms in total. The van der Waals surface area contributed by atoms with Crippen LogP contribution in [0.1, 0.15) is 43.2 Å². The van der Waals surface area contributed by atoms with Crippen LogP contribution in [0.2, 0.25) is 0 Å². The summed E-state index contributed by atoms with van der Waals surface area (Å²) < 4.78 is 5.00. The number of hydrogen-bond donors (Lipinski definition) is 0. The predicted molar refractivity (Wildman–Crippen MR) is 77.9 cm³/mol. The molecular formula is C15H23N3O2. The second-order valence-electron chi connectivity index (χ2n) is 5.74. The number of carbonyl (C=O) groups is 1. The third kappa shape index (κ3) is 3.26. The van der Waals surface area contributed by atoms with Crippen molar-refractivity contribution in [1.82, 2.24) is 9.97 Å². The number of piperidine rings is 1. The molecule has 0 aromatic carbocycles. The molecule has 0 spiro atoms. The molecule has 1 aromatic heterocycles. The van der Waals surface area contributed by atoms with Crippen molar-refractivity contribution in [1.29, 1.82) is 0 Å². The van der Waals surface area contributed by atoms with Crippen molar-refractivity contribution in [3.8, 4) is 0 Å². The second-order valence-corrected chi connectivity index (χ2v) is 5.74. The van der Waals surface area contributed by atoms with Gasteiger partial charge in [0.2, 0.25) is 5.95 Å². The van der Waals surface area contributed by atoms with E-state index >= 15 is 0 Å². The number of aromatic nitrogens is 2. The lowest BCUT2D eigenvalue weighted by Crippen LogP contribution is -2.39. The molecule has 0 bridgehead atoms. The lowest BCUT2D eigenvalue weighted by molar-refractivity contribution is 0.0524. The van der Waals surface area contributed by atoms with Gasteiger partial charge in [0.1, 0.15) is 0 Å². The first-order valence-electron chi connectivity index (χ1n) is 7.27. The van der Waals surface area contributed by atoms with E-state index in [1.54, 1.807) is 13.1 Å². The first kappa shape index (κ1) is 14.8. The Hall–Kier alpha value is -1.65. The summed E-state index contributed by atoms with van der Waals surface area (Å²) in [6, 6.07) is 0. The Morgan fingerprint density at radius 1 is 1.40 bits per heavy atom. The van der Waals surface area contributed by atoms with Gasteiger partial charge in [-0.3, -0.25) is 0 Å². The molecule has 0 unspecified atom stereocenters. The van der Waals surface area contributed by atoms with Crippen molar-refractivity contribution in [2.75, 3.05) is 24.6 Å². The molecule has 2 rings (SSSR count). The van der Waals surface area contributed by atoms with Crippen LogP contribution in [-0.2, 0) is 4.74 Å². The molecule has 0 aliphatic carbocycles. The SMILES string of the molecule is CCOC(=O)c1cnc(N2C[C@@H](C)C[C@H](C)C2)nc1C. The molecule has 5 heteroatoms. The molecule has 0 radical (unpaired) electrons. The van der Waals surface area contributed by atoms with Gasteiger partial charge in [-0.25, -0.2) is 14.8 Å². The molecule has 2 heterocycles. The number of esters is 1. The lowest BCUT2D eigenvalue weighted by atomic mass is 9.92. The highest BCUT2D eigenvalue weighted by Gasteiger charge is 2.24. The molecule has 0 saturated carbocycles. The fraction of sp³-hybridized carbons (Fsp3) is 0.667. The number of rotatable bonds is 3. The fourth-order valence-electron chi connectivity index (χ4n) is 2.84. The van der Waals surface area contributed by atoms with E-state index in [1.807, 2.05) is 6.92 Å². The number of hydrogen-bond acceptors (Lipinski definition) is 5. The van der Waals surface area contributed by atoms with Crippen molar-refractivity contribution in [2.24, 2.45) is 11.8 Å². The monoisotopic (exact) mass is 277 g/mol. The van der Waals surface area contributed by atoms with Gasteiger partial charge in [-0.15, -0.1) is 0 Å². The molecule has 1 aliphatic rings. The third-order valence-electron chi connectivity index (χ3n) is 3.61. The first-order chi connectivity index (χ1) is 9.51. The maximum absolute atomic E-state index is 11.7. The molecule has 1 aliphatic heterocycles. The van der Waals surface area contributed by atoms with Crippen molar-refractivity contribution in [2.45, 2.75) is 34.1 Å². The average molecular weight is 277 g/mol. The van der Waals surface area contributed by atoms with E-state index in [0.29, 0.717) is 35.6 Å². The lowest BCUT2D eigenvalue weighted by Gasteiger charge is -2.35. The summed E-state index contributed by atoms with van der Waals surface area (Å²) in [6.07, 6.45) is 2.83. The van der Waals surface area contributed by atoms with Crippen LogP contribution in [0.3, 0.4) is 0 Å². The molecule has 0 amide bonds. The maximum Gasteiger partial charge on any atom is 0.341 e. The molecule has 1 aromatic rings. The van der Waals surface area contributed by atoms with Crippen LogP contribution in [0.4, 0.5) is 5.95 Å². The Morgan fingerprint density at radius 3 is 2.60 bits per heavy atom. The highest BCUT2D eigenvalue weighted by Crippen LogP contribution is 2.24. The number of anilines is 1.